The standard InChI is InChI=1S/C15H25N3/c1-4-17-14(13-11-16-9-10-18-13)12-7-5-6-8-15(12,2)3/h9-12,14,17H,4-8H2,1-3H3. The highest BCUT2D eigenvalue weighted by molar-refractivity contribution is 5.07. The van der Waals surface area contributed by atoms with Gasteiger partial charge in [-0.1, -0.05) is 33.6 Å². The first-order valence-corrected chi connectivity index (χ1v) is 7.14. The Morgan fingerprint density at radius 3 is 2.83 bits per heavy atom. The molecular weight excluding hydrogens is 222 g/mol. The molecule has 0 saturated heterocycles. The van der Waals surface area contributed by atoms with Gasteiger partial charge >= 0.3 is 0 Å². The summed E-state index contributed by atoms with van der Waals surface area (Å²) in [7, 11) is 0. The summed E-state index contributed by atoms with van der Waals surface area (Å²) in [5, 5.41) is 3.62. The molecule has 1 N–H and O–H groups in total. The van der Waals surface area contributed by atoms with Crippen molar-refractivity contribution >= 4 is 0 Å². The number of hydrogen-bond acceptors (Lipinski definition) is 3. The van der Waals surface area contributed by atoms with E-state index in [0.29, 0.717) is 17.4 Å². The second kappa shape index (κ2) is 5.79. The van der Waals surface area contributed by atoms with Gasteiger partial charge in [-0.05, 0) is 30.7 Å². The lowest BCUT2D eigenvalue weighted by atomic mass is 9.65. The predicted molar refractivity (Wildman–Crippen MR) is 74.2 cm³/mol. The third-order valence-corrected chi connectivity index (χ3v) is 4.32. The minimum atomic E-state index is 0.346. The van der Waals surface area contributed by atoms with Crippen LogP contribution in [0.3, 0.4) is 0 Å². The van der Waals surface area contributed by atoms with Gasteiger partial charge in [0.05, 0.1) is 11.7 Å². The Morgan fingerprint density at radius 2 is 2.22 bits per heavy atom. The van der Waals surface area contributed by atoms with Crippen molar-refractivity contribution in [2.75, 3.05) is 6.54 Å². The Morgan fingerprint density at radius 1 is 1.39 bits per heavy atom. The highest BCUT2D eigenvalue weighted by Crippen LogP contribution is 2.46. The smallest absolute Gasteiger partial charge is 0.0759 e. The van der Waals surface area contributed by atoms with E-state index in [1.54, 1.807) is 12.4 Å². The fraction of sp³-hybridized carbons (Fsp3) is 0.733. The van der Waals surface area contributed by atoms with Crippen LogP contribution < -0.4 is 5.32 Å². The zero-order chi connectivity index (χ0) is 13.0. The van der Waals surface area contributed by atoms with Crippen LogP contribution in [0.4, 0.5) is 0 Å². The number of nitrogens with one attached hydrogen (secondary N) is 1. The summed E-state index contributed by atoms with van der Waals surface area (Å²) in [6.45, 7) is 7.95. The van der Waals surface area contributed by atoms with Crippen LogP contribution in [0.15, 0.2) is 18.6 Å². The molecule has 1 fully saturated rings. The Hall–Kier alpha value is -0.960. The molecule has 1 aromatic rings. The van der Waals surface area contributed by atoms with Crippen molar-refractivity contribution < 1.29 is 0 Å². The maximum Gasteiger partial charge on any atom is 0.0759 e. The summed E-state index contributed by atoms with van der Waals surface area (Å²) in [4.78, 5) is 8.74. The summed E-state index contributed by atoms with van der Waals surface area (Å²) >= 11 is 0. The van der Waals surface area contributed by atoms with Gasteiger partial charge < -0.3 is 5.32 Å². The van der Waals surface area contributed by atoms with E-state index in [1.807, 2.05) is 6.20 Å². The molecule has 2 rings (SSSR count). The third kappa shape index (κ3) is 2.89. The zero-order valence-electron chi connectivity index (χ0n) is 11.8. The van der Waals surface area contributed by atoms with E-state index in [1.165, 1.54) is 25.7 Å². The van der Waals surface area contributed by atoms with Crippen molar-refractivity contribution in [2.45, 2.75) is 52.5 Å². The fourth-order valence-corrected chi connectivity index (χ4v) is 3.28. The molecule has 0 radical (unpaired) electrons. The molecule has 0 amide bonds. The minimum absolute atomic E-state index is 0.346. The lowest BCUT2D eigenvalue weighted by molar-refractivity contribution is 0.0971. The first-order chi connectivity index (χ1) is 8.65. The van der Waals surface area contributed by atoms with Gasteiger partial charge in [0.1, 0.15) is 0 Å². The molecule has 18 heavy (non-hydrogen) atoms. The molecule has 2 unspecified atom stereocenters. The molecule has 1 saturated carbocycles. The van der Waals surface area contributed by atoms with Crippen LogP contribution in [0.25, 0.3) is 0 Å². The number of rotatable bonds is 4. The van der Waals surface area contributed by atoms with Crippen molar-refractivity contribution in [3.05, 3.63) is 24.3 Å². The average Bonchev–Trinajstić information content (AvgIpc) is 2.37. The number of nitrogens with zero attached hydrogens (tertiary/aromatic N) is 2. The van der Waals surface area contributed by atoms with Crippen molar-refractivity contribution in [1.29, 1.82) is 0 Å². The van der Waals surface area contributed by atoms with Crippen LogP contribution in [-0.4, -0.2) is 16.5 Å². The monoisotopic (exact) mass is 247 g/mol. The molecule has 2 atom stereocenters. The van der Waals surface area contributed by atoms with Crippen LogP contribution in [0.2, 0.25) is 0 Å². The van der Waals surface area contributed by atoms with E-state index >= 15 is 0 Å². The van der Waals surface area contributed by atoms with Gasteiger partial charge in [0.15, 0.2) is 0 Å². The largest absolute Gasteiger partial charge is 0.309 e. The van der Waals surface area contributed by atoms with Gasteiger partial charge in [-0.15, -0.1) is 0 Å². The van der Waals surface area contributed by atoms with Gasteiger partial charge in [-0.2, -0.15) is 0 Å². The summed E-state index contributed by atoms with van der Waals surface area (Å²) < 4.78 is 0. The number of aromatic nitrogens is 2. The lowest BCUT2D eigenvalue weighted by Gasteiger charge is -2.43. The van der Waals surface area contributed by atoms with Gasteiger partial charge in [0.25, 0.3) is 0 Å². The molecule has 3 heteroatoms. The molecule has 0 aliphatic heterocycles. The lowest BCUT2D eigenvalue weighted by Crippen LogP contribution is -2.39. The Kier molecular flexibility index (Phi) is 4.33. The Labute approximate surface area is 110 Å². The fourth-order valence-electron chi connectivity index (χ4n) is 3.28. The summed E-state index contributed by atoms with van der Waals surface area (Å²) in [5.41, 5.74) is 1.49. The second-order valence-electron chi connectivity index (χ2n) is 6.01. The molecule has 0 bridgehead atoms. The summed E-state index contributed by atoms with van der Waals surface area (Å²) in [6.07, 6.45) is 10.8. The maximum atomic E-state index is 4.51. The van der Waals surface area contributed by atoms with E-state index in [2.05, 4.69) is 36.1 Å². The van der Waals surface area contributed by atoms with Gasteiger partial charge in [-0.3, -0.25) is 9.97 Å². The highest BCUT2D eigenvalue weighted by atomic mass is 15.0. The van der Waals surface area contributed by atoms with E-state index in [0.717, 1.165) is 12.2 Å². The Bertz CT molecular complexity index is 361. The quantitative estimate of drug-likeness (QED) is 0.886. The number of hydrogen-bond donors (Lipinski definition) is 1. The second-order valence-corrected chi connectivity index (χ2v) is 6.01. The average molecular weight is 247 g/mol. The summed E-state index contributed by atoms with van der Waals surface area (Å²) in [5.74, 6) is 0.655. The van der Waals surface area contributed by atoms with E-state index < -0.39 is 0 Å². The van der Waals surface area contributed by atoms with Crippen LogP contribution in [0.1, 0.15) is 58.2 Å². The van der Waals surface area contributed by atoms with Crippen LogP contribution in [0.5, 0.6) is 0 Å². The first kappa shape index (κ1) is 13.5. The predicted octanol–water partition coefficient (Wildman–Crippen LogP) is 3.34. The SMILES string of the molecule is CCNC(c1cnccn1)C1CCCCC1(C)C. The molecule has 1 aromatic heterocycles. The Balaban J connectivity index is 2.24. The molecule has 1 heterocycles. The summed E-state index contributed by atoms with van der Waals surface area (Å²) in [6, 6.07) is 0.346. The van der Waals surface area contributed by atoms with Crippen LogP contribution in [-0.2, 0) is 0 Å². The third-order valence-electron chi connectivity index (χ3n) is 4.32. The molecule has 100 valence electrons. The highest BCUT2D eigenvalue weighted by Gasteiger charge is 2.38. The minimum Gasteiger partial charge on any atom is -0.309 e. The van der Waals surface area contributed by atoms with Crippen LogP contribution in [0, 0.1) is 11.3 Å². The molecule has 0 aromatic carbocycles. The van der Waals surface area contributed by atoms with Crippen molar-refractivity contribution in [3.8, 4) is 0 Å². The zero-order valence-corrected chi connectivity index (χ0v) is 11.8. The van der Waals surface area contributed by atoms with Crippen molar-refractivity contribution in [1.82, 2.24) is 15.3 Å². The van der Waals surface area contributed by atoms with E-state index in [9.17, 15) is 0 Å². The van der Waals surface area contributed by atoms with Crippen LogP contribution >= 0.6 is 0 Å². The van der Waals surface area contributed by atoms with Gasteiger partial charge in [0, 0.05) is 18.6 Å². The topological polar surface area (TPSA) is 37.8 Å². The van der Waals surface area contributed by atoms with Gasteiger partial charge in [0.2, 0.25) is 0 Å². The van der Waals surface area contributed by atoms with Gasteiger partial charge in [-0.25, -0.2) is 0 Å². The normalized spacial score (nSPS) is 24.7. The molecule has 1 aliphatic rings. The molecule has 0 spiro atoms. The maximum absolute atomic E-state index is 4.51. The van der Waals surface area contributed by atoms with Crippen molar-refractivity contribution in [3.63, 3.8) is 0 Å². The van der Waals surface area contributed by atoms with Crippen molar-refractivity contribution in [2.24, 2.45) is 11.3 Å². The first-order valence-electron chi connectivity index (χ1n) is 7.14. The molecular formula is C15H25N3. The molecule has 3 nitrogen and oxygen atoms in total. The van der Waals surface area contributed by atoms with E-state index in [4.69, 9.17) is 0 Å². The molecule has 1 aliphatic carbocycles. The van der Waals surface area contributed by atoms with E-state index in [-0.39, 0.29) is 0 Å².